The van der Waals surface area contributed by atoms with Gasteiger partial charge in [-0.3, -0.25) is 9.59 Å². The topological polar surface area (TPSA) is 75.9 Å². The number of carbonyl (C=O) groups is 2. The lowest BCUT2D eigenvalue weighted by Crippen LogP contribution is -2.48. The van der Waals surface area contributed by atoms with Crippen LogP contribution in [0.4, 0.5) is 10.1 Å². The molecule has 2 aromatic rings. The van der Waals surface area contributed by atoms with Crippen LogP contribution in [-0.4, -0.2) is 49.5 Å². The van der Waals surface area contributed by atoms with Crippen molar-refractivity contribution in [1.82, 2.24) is 4.90 Å². The summed E-state index contributed by atoms with van der Waals surface area (Å²) < 4.78 is 18.4. The molecule has 7 heteroatoms. The summed E-state index contributed by atoms with van der Waals surface area (Å²) in [6.07, 6.45) is 0. The number of hydrogen-bond acceptors (Lipinski definition) is 4. The van der Waals surface area contributed by atoms with Gasteiger partial charge in [0.2, 0.25) is 0 Å². The molecule has 0 radical (unpaired) electrons. The Morgan fingerprint density at radius 1 is 1.00 bits per heavy atom. The minimum atomic E-state index is -0.597. The number of carbonyl (C=O) groups excluding carboxylic acids is 2. The van der Waals surface area contributed by atoms with E-state index in [1.807, 2.05) is 0 Å². The molecule has 2 N–H and O–H groups in total. The van der Waals surface area contributed by atoms with Crippen molar-refractivity contribution in [3.05, 3.63) is 59.9 Å². The third-order valence-electron chi connectivity index (χ3n) is 4.25. The van der Waals surface area contributed by atoms with Crippen molar-refractivity contribution in [3.63, 3.8) is 0 Å². The molecule has 0 spiro atoms. The van der Waals surface area contributed by atoms with Gasteiger partial charge in [0.15, 0.2) is 6.61 Å². The molecular weight excluding hydrogens is 337 g/mol. The first-order valence-corrected chi connectivity index (χ1v) is 8.34. The summed E-state index contributed by atoms with van der Waals surface area (Å²) in [7, 11) is 0. The average Bonchev–Trinajstić information content (AvgIpc) is 2.67. The quantitative estimate of drug-likeness (QED) is 0.883. The van der Waals surface area contributed by atoms with Crippen LogP contribution >= 0.6 is 0 Å². The highest BCUT2D eigenvalue weighted by atomic mass is 19.1. The van der Waals surface area contributed by atoms with E-state index >= 15 is 0 Å². The van der Waals surface area contributed by atoms with Crippen molar-refractivity contribution < 1.29 is 18.7 Å². The van der Waals surface area contributed by atoms with Gasteiger partial charge < -0.3 is 20.3 Å². The first-order valence-electron chi connectivity index (χ1n) is 8.34. The van der Waals surface area contributed by atoms with E-state index in [9.17, 15) is 14.0 Å². The Labute approximate surface area is 150 Å². The van der Waals surface area contributed by atoms with E-state index in [0.717, 1.165) is 5.69 Å². The van der Waals surface area contributed by atoms with Gasteiger partial charge in [-0.1, -0.05) is 12.1 Å². The van der Waals surface area contributed by atoms with E-state index in [1.54, 1.807) is 41.3 Å². The molecule has 0 atom stereocenters. The van der Waals surface area contributed by atoms with Crippen LogP contribution in [0.3, 0.4) is 0 Å². The number of primary amides is 1. The predicted molar refractivity (Wildman–Crippen MR) is 95.6 cm³/mol. The van der Waals surface area contributed by atoms with Crippen LogP contribution in [0.2, 0.25) is 0 Å². The van der Waals surface area contributed by atoms with Gasteiger partial charge in [-0.25, -0.2) is 4.39 Å². The molecule has 0 bridgehead atoms. The summed E-state index contributed by atoms with van der Waals surface area (Å²) in [5, 5.41) is 0. The van der Waals surface area contributed by atoms with E-state index in [1.165, 1.54) is 12.1 Å². The van der Waals surface area contributed by atoms with Gasteiger partial charge in [0.25, 0.3) is 11.8 Å². The van der Waals surface area contributed by atoms with E-state index in [-0.39, 0.29) is 18.3 Å². The fourth-order valence-electron chi connectivity index (χ4n) is 2.91. The summed E-state index contributed by atoms with van der Waals surface area (Å²) in [5.74, 6) is -0.670. The Kier molecular flexibility index (Phi) is 5.36. The molecule has 2 amide bonds. The average molecular weight is 357 g/mol. The maximum atomic E-state index is 13.0. The lowest BCUT2D eigenvalue weighted by molar-refractivity contribution is -0.119. The zero-order chi connectivity index (χ0) is 18.5. The Balaban J connectivity index is 1.65. The molecular formula is C19H20FN3O3. The van der Waals surface area contributed by atoms with Gasteiger partial charge in [0.05, 0.1) is 5.56 Å². The van der Waals surface area contributed by atoms with Gasteiger partial charge >= 0.3 is 0 Å². The molecule has 136 valence electrons. The summed E-state index contributed by atoms with van der Waals surface area (Å²) >= 11 is 0. The second-order valence-electron chi connectivity index (χ2n) is 6.01. The SMILES string of the molecule is NC(=O)COc1ccccc1C(=O)N1CCN(c2ccc(F)cc2)CC1. The second-order valence-corrected chi connectivity index (χ2v) is 6.01. The Morgan fingerprint density at radius 2 is 1.65 bits per heavy atom. The Hall–Kier alpha value is -3.09. The number of anilines is 1. The summed E-state index contributed by atoms with van der Waals surface area (Å²) in [4.78, 5) is 27.6. The number of nitrogens with two attached hydrogens (primary N) is 1. The lowest BCUT2D eigenvalue weighted by atomic mass is 10.1. The number of amides is 2. The molecule has 0 saturated carbocycles. The van der Waals surface area contributed by atoms with Crippen LogP contribution in [0.15, 0.2) is 48.5 Å². The molecule has 2 aromatic carbocycles. The summed E-state index contributed by atoms with van der Waals surface area (Å²) in [6, 6.07) is 13.1. The fraction of sp³-hybridized carbons (Fsp3) is 0.263. The second kappa shape index (κ2) is 7.86. The fourth-order valence-corrected chi connectivity index (χ4v) is 2.91. The van der Waals surface area contributed by atoms with Gasteiger partial charge in [0, 0.05) is 31.9 Å². The van der Waals surface area contributed by atoms with Gasteiger partial charge in [-0.05, 0) is 36.4 Å². The Bertz CT molecular complexity index is 787. The minimum absolute atomic E-state index is 0.149. The zero-order valence-corrected chi connectivity index (χ0v) is 14.2. The van der Waals surface area contributed by atoms with Crippen molar-refractivity contribution in [3.8, 4) is 5.75 Å². The predicted octanol–water partition coefficient (Wildman–Crippen LogP) is 1.65. The molecule has 1 aliphatic rings. The van der Waals surface area contributed by atoms with Crippen LogP contribution in [-0.2, 0) is 4.79 Å². The smallest absolute Gasteiger partial charge is 0.257 e. The van der Waals surface area contributed by atoms with Crippen molar-refractivity contribution in [2.45, 2.75) is 0 Å². The van der Waals surface area contributed by atoms with Crippen LogP contribution < -0.4 is 15.4 Å². The third kappa shape index (κ3) is 4.11. The molecule has 3 rings (SSSR count). The molecule has 1 saturated heterocycles. The largest absolute Gasteiger partial charge is 0.483 e. The molecule has 26 heavy (non-hydrogen) atoms. The highest BCUT2D eigenvalue weighted by Crippen LogP contribution is 2.22. The number of benzene rings is 2. The molecule has 0 aliphatic carbocycles. The zero-order valence-electron chi connectivity index (χ0n) is 14.2. The number of ether oxygens (including phenoxy) is 1. The highest BCUT2D eigenvalue weighted by Gasteiger charge is 2.24. The van der Waals surface area contributed by atoms with Crippen LogP contribution in [0, 0.1) is 5.82 Å². The molecule has 1 aliphatic heterocycles. The first-order chi connectivity index (χ1) is 12.5. The van der Waals surface area contributed by atoms with E-state index < -0.39 is 5.91 Å². The Morgan fingerprint density at radius 3 is 2.31 bits per heavy atom. The van der Waals surface area contributed by atoms with Crippen molar-refractivity contribution in [2.24, 2.45) is 5.73 Å². The number of para-hydroxylation sites is 1. The first kappa shape index (κ1) is 17.7. The van der Waals surface area contributed by atoms with E-state index in [0.29, 0.717) is 37.5 Å². The number of halogens is 1. The minimum Gasteiger partial charge on any atom is -0.483 e. The van der Waals surface area contributed by atoms with Gasteiger partial charge in [0.1, 0.15) is 11.6 Å². The summed E-state index contributed by atoms with van der Waals surface area (Å²) in [6.45, 7) is 2.12. The van der Waals surface area contributed by atoms with Crippen molar-refractivity contribution >= 4 is 17.5 Å². The van der Waals surface area contributed by atoms with Crippen LogP contribution in [0.1, 0.15) is 10.4 Å². The summed E-state index contributed by atoms with van der Waals surface area (Å²) in [5.41, 5.74) is 6.44. The maximum absolute atomic E-state index is 13.0. The van der Waals surface area contributed by atoms with Crippen molar-refractivity contribution in [2.75, 3.05) is 37.7 Å². The normalized spacial score (nSPS) is 14.2. The molecule has 1 fully saturated rings. The monoisotopic (exact) mass is 357 g/mol. The van der Waals surface area contributed by atoms with Gasteiger partial charge in [-0.15, -0.1) is 0 Å². The van der Waals surface area contributed by atoms with Gasteiger partial charge in [-0.2, -0.15) is 0 Å². The number of piperazine rings is 1. The number of hydrogen-bond donors (Lipinski definition) is 1. The number of rotatable bonds is 5. The molecule has 1 heterocycles. The maximum Gasteiger partial charge on any atom is 0.257 e. The van der Waals surface area contributed by atoms with Crippen LogP contribution in [0.25, 0.3) is 0 Å². The van der Waals surface area contributed by atoms with Crippen molar-refractivity contribution in [1.29, 1.82) is 0 Å². The molecule has 0 unspecified atom stereocenters. The third-order valence-corrected chi connectivity index (χ3v) is 4.25. The lowest BCUT2D eigenvalue weighted by Gasteiger charge is -2.36. The standard InChI is InChI=1S/C19H20FN3O3/c20-14-5-7-15(8-6-14)22-9-11-23(12-10-22)19(25)16-3-1-2-4-17(16)26-13-18(21)24/h1-8H,9-13H2,(H2,21,24). The molecule has 0 aromatic heterocycles. The highest BCUT2D eigenvalue weighted by molar-refractivity contribution is 5.97. The van der Waals surface area contributed by atoms with Crippen LogP contribution in [0.5, 0.6) is 5.75 Å². The number of nitrogens with zero attached hydrogens (tertiary/aromatic N) is 2. The van der Waals surface area contributed by atoms with E-state index in [4.69, 9.17) is 10.5 Å². The van der Waals surface area contributed by atoms with E-state index in [2.05, 4.69) is 4.90 Å². The molecule has 6 nitrogen and oxygen atoms in total.